The first kappa shape index (κ1) is 13.9. The number of hydrogen-bond donors (Lipinski definition) is 0. The largest absolute Gasteiger partial charge is 0.335 e. The lowest BCUT2D eigenvalue weighted by Crippen LogP contribution is -2.46. The molecule has 1 atom stereocenters. The second kappa shape index (κ2) is 5.77. The number of amides is 1. The number of para-hydroxylation sites is 1. The van der Waals surface area contributed by atoms with Crippen LogP contribution in [0.25, 0.3) is 0 Å². The number of anilines is 1. The van der Waals surface area contributed by atoms with Gasteiger partial charge in [-0.1, -0.05) is 18.2 Å². The van der Waals surface area contributed by atoms with Crippen LogP contribution in [0.3, 0.4) is 0 Å². The van der Waals surface area contributed by atoms with E-state index < -0.39 is 0 Å². The van der Waals surface area contributed by atoms with Gasteiger partial charge in [0, 0.05) is 12.1 Å². The van der Waals surface area contributed by atoms with E-state index in [1.54, 1.807) is 0 Å². The zero-order valence-corrected chi connectivity index (χ0v) is 12.4. The molecule has 0 N–H and O–H groups in total. The number of carbonyl (C=O) groups is 1. The summed E-state index contributed by atoms with van der Waals surface area (Å²) < 4.78 is 0. The summed E-state index contributed by atoms with van der Waals surface area (Å²) in [6, 6.07) is 10.1. The Labute approximate surface area is 126 Å². The topological polar surface area (TPSA) is 47.3 Å². The summed E-state index contributed by atoms with van der Waals surface area (Å²) >= 11 is 0. The molecule has 0 radical (unpaired) electrons. The van der Waals surface area contributed by atoms with Gasteiger partial charge in [-0.3, -0.25) is 9.69 Å². The zero-order valence-electron chi connectivity index (χ0n) is 12.4. The molecule has 0 unspecified atom stereocenters. The van der Waals surface area contributed by atoms with E-state index in [-0.39, 0.29) is 12.5 Å². The lowest BCUT2D eigenvalue weighted by Gasteiger charge is -2.31. The molecule has 21 heavy (non-hydrogen) atoms. The highest BCUT2D eigenvalue weighted by atomic mass is 16.2. The summed E-state index contributed by atoms with van der Waals surface area (Å²) in [6.45, 7) is 2.31. The Balaban J connectivity index is 1.69. The van der Waals surface area contributed by atoms with Crippen LogP contribution in [0.2, 0.25) is 0 Å². The van der Waals surface area contributed by atoms with Crippen LogP contribution in [0.4, 0.5) is 5.69 Å². The van der Waals surface area contributed by atoms with Crippen molar-refractivity contribution in [2.75, 3.05) is 11.4 Å². The van der Waals surface area contributed by atoms with Crippen molar-refractivity contribution in [3.63, 3.8) is 0 Å². The van der Waals surface area contributed by atoms with Gasteiger partial charge in [0.25, 0.3) is 0 Å². The number of nitriles is 1. The van der Waals surface area contributed by atoms with Gasteiger partial charge in [0.2, 0.25) is 5.91 Å². The van der Waals surface area contributed by atoms with Gasteiger partial charge in [-0.15, -0.1) is 0 Å². The summed E-state index contributed by atoms with van der Waals surface area (Å²) in [5, 5.41) is 9.33. The third-order valence-electron chi connectivity index (χ3n) is 4.45. The standard InChI is InChI=1S/C17H21N3O/c1-13(14-7-8-14)20(16-9-10-16)17(21)11-19(12-18)15-5-3-2-4-6-15/h2-6,13-14,16H,7-11H2,1H3/t13-/m1/s1. The molecule has 1 aromatic carbocycles. The Morgan fingerprint density at radius 1 is 1.29 bits per heavy atom. The maximum atomic E-state index is 12.7. The van der Waals surface area contributed by atoms with Crippen molar-refractivity contribution < 1.29 is 4.79 Å². The zero-order chi connectivity index (χ0) is 14.8. The second-order valence-corrected chi connectivity index (χ2v) is 6.13. The molecule has 1 aromatic rings. The van der Waals surface area contributed by atoms with Crippen LogP contribution in [-0.4, -0.2) is 29.4 Å². The van der Waals surface area contributed by atoms with Gasteiger partial charge in [-0.2, -0.15) is 5.26 Å². The minimum Gasteiger partial charge on any atom is -0.335 e. The molecule has 110 valence electrons. The molecule has 0 aliphatic heterocycles. The molecule has 0 saturated heterocycles. The SMILES string of the molecule is C[C@H](C1CC1)N(C(=O)CN(C#N)c1ccccc1)C1CC1. The number of rotatable bonds is 6. The Bertz CT molecular complexity index is 543. The smallest absolute Gasteiger partial charge is 0.243 e. The Morgan fingerprint density at radius 3 is 2.48 bits per heavy atom. The van der Waals surface area contributed by atoms with Crippen LogP contribution >= 0.6 is 0 Å². The van der Waals surface area contributed by atoms with Crippen LogP contribution in [-0.2, 0) is 4.79 Å². The molecule has 0 heterocycles. The molecule has 4 heteroatoms. The molecule has 2 aliphatic rings. The average Bonchev–Trinajstić information content (AvgIpc) is 3.38. The van der Waals surface area contributed by atoms with Crippen molar-refractivity contribution in [3.8, 4) is 6.19 Å². The molecule has 2 saturated carbocycles. The molecular weight excluding hydrogens is 262 g/mol. The third kappa shape index (κ3) is 3.18. The predicted molar refractivity (Wildman–Crippen MR) is 81.5 cm³/mol. The van der Waals surface area contributed by atoms with E-state index in [4.69, 9.17) is 0 Å². The van der Waals surface area contributed by atoms with Gasteiger partial charge >= 0.3 is 0 Å². The fraction of sp³-hybridized carbons (Fsp3) is 0.529. The van der Waals surface area contributed by atoms with E-state index in [1.165, 1.54) is 17.7 Å². The first-order chi connectivity index (χ1) is 10.2. The third-order valence-corrected chi connectivity index (χ3v) is 4.45. The predicted octanol–water partition coefficient (Wildman–Crippen LogP) is 2.76. The molecule has 2 fully saturated rings. The van der Waals surface area contributed by atoms with Crippen molar-refractivity contribution in [1.29, 1.82) is 5.26 Å². The minimum absolute atomic E-state index is 0.0855. The fourth-order valence-electron chi connectivity index (χ4n) is 2.93. The van der Waals surface area contributed by atoms with E-state index in [0.717, 1.165) is 18.5 Å². The quantitative estimate of drug-likeness (QED) is 0.596. The second-order valence-electron chi connectivity index (χ2n) is 6.13. The fourth-order valence-corrected chi connectivity index (χ4v) is 2.93. The van der Waals surface area contributed by atoms with Crippen molar-refractivity contribution in [2.45, 2.75) is 44.7 Å². The summed E-state index contributed by atoms with van der Waals surface area (Å²) in [5.41, 5.74) is 0.781. The Morgan fingerprint density at radius 2 is 1.95 bits per heavy atom. The Kier molecular flexibility index (Phi) is 3.83. The van der Waals surface area contributed by atoms with Crippen LogP contribution in [0.15, 0.2) is 30.3 Å². The van der Waals surface area contributed by atoms with E-state index >= 15 is 0 Å². The van der Waals surface area contributed by atoms with Gasteiger partial charge in [-0.25, -0.2) is 0 Å². The molecule has 4 nitrogen and oxygen atoms in total. The van der Waals surface area contributed by atoms with E-state index in [9.17, 15) is 10.1 Å². The van der Waals surface area contributed by atoms with E-state index in [1.807, 2.05) is 35.2 Å². The monoisotopic (exact) mass is 283 g/mol. The maximum Gasteiger partial charge on any atom is 0.243 e. The van der Waals surface area contributed by atoms with Crippen molar-refractivity contribution in [3.05, 3.63) is 30.3 Å². The molecule has 2 aliphatic carbocycles. The highest BCUT2D eigenvalue weighted by molar-refractivity contribution is 5.83. The average molecular weight is 283 g/mol. The minimum atomic E-state index is 0.0855. The molecule has 0 bridgehead atoms. The number of benzene rings is 1. The van der Waals surface area contributed by atoms with E-state index in [0.29, 0.717) is 18.0 Å². The number of carbonyl (C=O) groups excluding carboxylic acids is 1. The van der Waals surface area contributed by atoms with Gasteiger partial charge in [0.1, 0.15) is 6.54 Å². The molecule has 0 spiro atoms. The summed E-state index contributed by atoms with van der Waals surface area (Å²) in [7, 11) is 0. The van der Waals surface area contributed by atoms with Crippen molar-refractivity contribution >= 4 is 11.6 Å². The number of hydrogen-bond acceptors (Lipinski definition) is 3. The molecular formula is C17H21N3O. The highest BCUT2D eigenvalue weighted by Gasteiger charge is 2.41. The Hall–Kier alpha value is -2.02. The normalized spacial score (nSPS) is 18.7. The molecule has 0 aromatic heterocycles. The lowest BCUT2D eigenvalue weighted by atomic mass is 10.1. The van der Waals surface area contributed by atoms with Crippen LogP contribution in [0.1, 0.15) is 32.6 Å². The highest BCUT2D eigenvalue weighted by Crippen LogP contribution is 2.39. The van der Waals surface area contributed by atoms with Gasteiger partial charge in [0.05, 0.1) is 5.69 Å². The van der Waals surface area contributed by atoms with Gasteiger partial charge in [-0.05, 0) is 50.7 Å². The van der Waals surface area contributed by atoms with E-state index in [2.05, 4.69) is 13.1 Å². The molecule has 1 amide bonds. The lowest BCUT2D eigenvalue weighted by molar-refractivity contribution is -0.132. The van der Waals surface area contributed by atoms with Crippen LogP contribution in [0.5, 0.6) is 0 Å². The molecule has 3 rings (SSSR count). The van der Waals surface area contributed by atoms with Crippen LogP contribution < -0.4 is 4.90 Å². The summed E-state index contributed by atoms with van der Waals surface area (Å²) in [5.74, 6) is 0.754. The van der Waals surface area contributed by atoms with Gasteiger partial charge < -0.3 is 4.90 Å². The maximum absolute atomic E-state index is 12.7. The summed E-state index contributed by atoms with van der Waals surface area (Å²) in [6.07, 6.45) is 6.83. The van der Waals surface area contributed by atoms with Crippen molar-refractivity contribution in [2.24, 2.45) is 5.92 Å². The first-order valence-corrected chi connectivity index (χ1v) is 7.74. The number of nitrogens with zero attached hydrogens (tertiary/aromatic N) is 3. The van der Waals surface area contributed by atoms with Gasteiger partial charge in [0.15, 0.2) is 6.19 Å². The first-order valence-electron chi connectivity index (χ1n) is 7.74. The van der Waals surface area contributed by atoms with Crippen molar-refractivity contribution in [1.82, 2.24) is 4.90 Å². The summed E-state index contributed by atoms with van der Waals surface area (Å²) in [4.78, 5) is 16.2. The van der Waals surface area contributed by atoms with Crippen LogP contribution in [0, 0.1) is 17.4 Å².